The number of aryl methyl sites for hydroxylation is 1. The van der Waals surface area contributed by atoms with E-state index >= 15 is 0 Å². The van der Waals surface area contributed by atoms with Crippen LogP contribution in [0, 0.1) is 12.9 Å². The summed E-state index contributed by atoms with van der Waals surface area (Å²) in [5.74, 6) is -0.514. The number of nitrogens with zero attached hydrogens (tertiary/aromatic N) is 3. The van der Waals surface area contributed by atoms with Gasteiger partial charge in [-0.2, -0.15) is 0 Å². The minimum absolute atomic E-state index is 0. The molecule has 0 aliphatic carbocycles. The number of aromatic nitrogens is 3. The van der Waals surface area contributed by atoms with E-state index in [-0.39, 0.29) is 37.8 Å². The molecule has 0 saturated carbocycles. The Hall–Kier alpha value is -6.35. The number of para-hydroxylation sites is 2. The van der Waals surface area contributed by atoms with Gasteiger partial charge in [-0.1, -0.05) is 172 Å². The van der Waals surface area contributed by atoms with E-state index in [2.05, 4.69) is 55.7 Å². The van der Waals surface area contributed by atoms with Gasteiger partial charge in [-0.15, -0.1) is 29.3 Å². The van der Waals surface area contributed by atoms with Crippen LogP contribution in [0.4, 0.5) is 0 Å². The normalized spacial score (nSPS) is 13.7. The van der Waals surface area contributed by atoms with Gasteiger partial charge < -0.3 is 5.11 Å². The molecule has 1 N–H and O–H groups in total. The van der Waals surface area contributed by atoms with Crippen molar-refractivity contribution in [2.45, 2.75) is 45.9 Å². The number of imidazole rings is 1. The molecule has 7 aromatic carbocycles. The fourth-order valence-corrected chi connectivity index (χ4v) is 7.84. The van der Waals surface area contributed by atoms with E-state index in [1.165, 1.54) is 6.20 Å². The van der Waals surface area contributed by atoms with Crippen LogP contribution in [0.15, 0.2) is 176 Å². The molecule has 0 fully saturated rings. The molecule has 2 heterocycles. The van der Waals surface area contributed by atoms with Crippen LogP contribution >= 0.6 is 0 Å². The van der Waals surface area contributed by atoms with Crippen molar-refractivity contribution in [3.8, 4) is 67.5 Å². The maximum absolute atomic E-state index is 11.7. The van der Waals surface area contributed by atoms with E-state index in [9.17, 15) is 6.48 Å². The van der Waals surface area contributed by atoms with Gasteiger partial charge in [-0.05, 0) is 75.8 Å². The quantitative estimate of drug-likeness (QED) is 0.154. The summed E-state index contributed by atoms with van der Waals surface area (Å²) in [5, 5.41) is 11.7. The zero-order chi connectivity index (χ0) is 44.1. The molecule has 4 nitrogen and oxygen atoms in total. The second kappa shape index (κ2) is 16.7. The number of hydrogen-bond acceptors (Lipinski definition) is 3. The molecule has 0 aliphatic rings. The van der Waals surface area contributed by atoms with Crippen molar-refractivity contribution >= 4 is 11.0 Å². The van der Waals surface area contributed by atoms with Crippen LogP contribution in [-0.4, -0.2) is 19.6 Å². The minimum atomic E-state index is -2.40. The van der Waals surface area contributed by atoms with Gasteiger partial charge in [0.15, 0.2) is 0 Å². The summed E-state index contributed by atoms with van der Waals surface area (Å²) in [6.45, 7) is 5.94. The Labute approximate surface area is 373 Å². The van der Waals surface area contributed by atoms with Gasteiger partial charge in [0.2, 0.25) is 0 Å². The molecule has 0 aliphatic heterocycles. The van der Waals surface area contributed by atoms with E-state index in [0.29, 0.717) is 44.9 Å². The summed E-state index contributed by atoms with van der Waals surface area (Å²) in [7, 11) is 0. The molecule has 9 rings (SSSR count). The van der Waals surface area contributed by atoms with E-state index < -0.39 is 12.7 Å². The maximum Gasteiger partial charge on any atom is 0.148 e. The van der Waals surface area contributed by atoms with Crippen molar-refractivity contribution in [2.24, 2.45) is 0 Å². The number of rotatable bonds is 8. The molecule has 0 spiro atoms. The van der Waals surface area contributed by atoms with Crippen LogP contribution in [0.3, 0.4) is 0 Å². The average molecular weight is 964 g/mol. The van der Waals surface area contributed by atoms with Crippen LogP contribution in [0.1, 0.15) is 61.3 Å². The summed E-state index contributed by atoms with van der Waals surface area (Å²) >= 11 is 0. The molecule has 0 amide bonds. The number of phenolic OH excluding ortho intramolecular Hbond substituents is 1. The predicted octanol–water partition coefficient (Wildman–Crippen LogP) is 14.0. The summed E-state index contributed by atoms with van der Waals surface area (Å²) < 4.78 is 37.1. The third kappa shape index (κ3) is 7.76. The first-order valence-electron chi connectivity index (χ1n) is 21.9. The molecule has 298 valence electrons. The minimum Gasteiger partial charge on any atom is -0.507 e. The number of phenols is 1. The number of hydrogen-bond donors (Lipinski definition) is 1. The smallest absolute Gasteiger partial charge is 0.148 e. The molecule has 0 bridgehead atoms. The Morgan fingerprint density at radius 3 is 1.98 bits per heavy atom. The molecule has 0 saturated heterocycles. The summed E-state index contributed by atoms with van der Waals surface area (Å²) in [6, 6.07) is 58.9. The van der Waals surface area contributed by atoms with Crippen LogP contribution < -0.4 is 0 Å². The first-order valence-corrected chi connectivity index (χ1v) is 19.9. The SMILES string of the molecule is [2H]C([2H])([2H])c1cnc(-c2[c-]c(-c3cccc4c3nc(-c3cc(C(C)(C)C)ccc3O)n4-c3ccccc3-c3ccccc3)cc(C([2H])(C)c3ccccc3)c2)cc1-c1ccccc1.[Pt]. The average Bonchev–Trinajstić information content (AvgIpc) is 3.68. The first-order chi connectivity index (χ1) is 30.2. The van der Waals surface area contributed by atoms with Gasteiger partial charge in [0.05, 0.1) is 22.3 Å². The molecule has 0 radical (unpaired) electrons. The Bertz CT molecular complexity index is 3120. The van der Waals surface area contributed by atoms with Crippen molar-refractivity contribution in [1.29, 1.82) is 0 Å². The Morgan fingerprint density at radius 1 is 0.650 bits per heavy atom. The van der Waals surface area contributed by atoms with Crippen LogP contribution in [0.2, 0.25) is 0 Å². The summed E-state index contributed by atoms with van der Waals surface area (Å²) in [6.07, 6.45) is 1.44. The van der Waals surface area contributed by atoms with Gasteiger partial charge in [0.25, 0.3) is 0 Å². The number of fused-ring (bicyclic) bond motifs is 1. The second-order valence-corrected chi connectivity index (χ2v) is 16.0. The monoisotopic (exact) mass is 963 g/mol. The van der Waals surface area contributed by atoms with Gasteiger partial charge in [-0.25, -0.2) is 4.98 Å². The fraction of sp³-hybridized carbons (Fsp3) is 0.127. The van der Waals surface area contributed by atoms with Crippen LogP contribution in [0.25, 0.3) is 72.7 Å². The van der Waals surface area contributed by atoms with Gasteiger partial charge in [-0.3, -0.25) is 9.55 Å². The van der Waals surface area contributed by atoms with E-state index in [4.69, 9.17) is 14.1 Å². The van der Waals surface area contributed by atoms with Gasteiger partial charge in [0.1, 0.15) is 11.6 Å². The van der Waals surface area contributed by atoms with Gasteiger partial charge in [0, 0.05) is 44.0 Å². The number of pyridine rings is 1. The number of benzene rings is 7. The third-order valence-electron chi connectivity index (χ3n) is 11.1. The maximum atomic E-state index is 11.7. The van der Waals surface area contributed by atoms with Crippen molar-refractivity contribution in [1.82, 2.24) is 14.5 Å². The first kappa shape index (κ1) is 35.6. The zero-order valence-electron chi connectivity index (χ0n) is 37.8. The molecule has 9 aromatic rings. The third-order valence-corrected chi connectivity index (χ3v) is 11.1. The summed E-state index contributed by atoms with van der Waals surface area (Å²) in [4.78, 5) is 10.2. The van der Waals surface area contributed by atoms with Crippen LogP contribution in [-0.2, 0) is 26.5 Å². The zero-order valence-corrected chi connectivity index (χ0v) is 36.1. The second-order valence-electron chi connectivity index (χ2n) is 16.0. The van der Waals surface area contributed by atoms with Crippen molar-refractivity contribution in [2.75, 3.05) is 0 Å². The molecule has 1 unspecified atom stereocenters. The van der Waals surface area contributed by atoms with E-state index in [1.54, 1.807) is 6.07 Å². The fourth-order valence-electron chi connectivity index (χ4n) is 7.84. The number of aromatic hydroxyl groups is 1. The van der Waals surface area contributed by atoms with Crippen molar-refractivity contribution in [3.05, 3.63) is 204 Å². The molecule has 5 heteroatoms. The van der Waals surface area contributed by atoms with E-state index in [0.717, 1.165) is 44.6 Å². The predicted molar refractivity (Wildman–Crippen MR) is 244 cm³/mol. The molecular weight excluding hydrogens is 914 g/mol. The standard InChI is InChI=1S/C55H46N3O.Pt/c1-36-35-56-49(34-47(36)40-22-13-8-14-23-40)43-31-41(37(2)38-18-9-6-10-19-38)30-42(32-43)46-25-17-27-51-53(46)57-54(48-33-44(55(3,4)5)28-29-52(48)59)58(51)50-26-16-15-24-45(50)39-20-11-7-12-21-39;/h6-31,33-35,37,59H,1-5H3;/q-1;/i1D3,37D;. The topological polar surface area (TPSA) is 50.9 Å². The van der Waals surface area contributed by atoms with E-state index in [1.807, 2.05) is 146 Å². The molecule has 1 atom stereocenters. The largest absolute Gasteiger partial charge is 0.507 e. The molecule has 60 heavy (non-hydrogen) atoms. The van der Waals surface area contributed by atoms with Crippen molar-refractivity contribution in [3.63, 3.8) is 0 Å². The molecular formula is C55H46N3OPt-. The Morgan fingerprint density at radius 2 is 1.28 bits per heavy atom. The Kier molecular flexibility index (Phi) is 9.92. The van der Waals surface area contributed by atoms with Crippen molar-refractivity contribution < 1.29 is 31.7 Å². The van der Waals surface area contributed by atoms with Crippen LogP contribution in [0.5, 0.6) is 5.75 Å². The summed E-state index contributed by atoms with van der Waals surface area (Å²) in [5.41, 5.74) is 11.4. The van der Waals surface area contributed by atoms with Gasteiger partial charge >= 0.3 is 0 Å². The Balaban J connectivity index is 0.00000560. The molecule has 2 aromatic heterocycles.